The highest BCUT2D eigenvalue weighted by atomic mass is 16.5. The lowest BCUT2D eigenvalue weighted by Gasteiger charge is -2.36. The highest BCUT2D eigenvalue weighted by molar-refractivity contribution is 5.75. The van der Waals surface area contributed by atoms with E-state index in [-0.39, 0.29) is 11.6 Å². The summed E-state index contributed by atoms with van der Waals surface area (Å²) in [6, 6.07) is 10.4. The van der Waals surface area contributed by atoms with Crippen molar-refractivity contribution in [3.8, 4) is 0 Å². The molecule has 5 nitrogen and oxygen atoms in total. The first kappa shape index (κ1) is 18.2. The van der Waals surface area contributed by atoms with Crippen LogP contribution in [-0.2, 0) is 11.2 Å². The van der Waals surface area contributed by atoms with Crippen LogP contribution in [0.5, 0.6) is 0 Å². The Labute approximate surface area is 150 Å². The molecular formula is C20H30N2O3. The molecule has 0 aromatic heterocycles. The van der Waals surface area contributed by atoms with E-state index in [2.05, 4.69) is 24.4 Å². The summed E-state index contributed by atoms with van der Waals surface area (Å²) in [7, 11) is 0. The molecule has 2 N–H and O–H groups in total. The van der Waals surface area contributed by atoms with E-state index in [0.29, 0.717) is 39.0 Å². The molecular weight excluding hydrogens is 316 g/mol. The Hall–Kier alpha value is -1.59. The van der Waals surface area contributed by atoms with Gasteiger partial charge < -0.3 is 20.1 Å². The molecule has 0 aliphatic carbocycles. The van der Waals surface area contributed by atoms with Crippen molar-refractivity contribution in [1.29, 1.82) is 0 Å². The van der Waals surface area contributed by atoms with Crippen molar-refractivity contribution in [2.75, 3.05) is 26.3 Å². The molecule has 1 aromatic carbocycles. The molecule has 1 atom stereocenters. The van der Waals surface area contributed by atoms with Crippen molar-refractivity contribution in [3.05, 3.63) is 35.9 Å². The minimum atomic E-state index is -0.691. The van der Waals surface area contributed by atoms with Gasteiger partial charge in [-0.1, -0.05) is 30.3 Å². The molecule has 1 unspecified atom stereocenters. The van der Waals surface area contributed by atoms with Crippen LogP contribution in [0.2, 0.25) is 0 Å². The second kappa shape index (κ2) is 7.75. The van der Waals surface area contributed by atoms with Crippen LogP contribution < -0.4 is 5.32 Å². The highest BCUT2D eigenvalue weighted by Gasteiger charge is 2.39. The van der Waals surface area contributed by atoms with E-state index < -0.39 is 5.60 Å². The topological polar surface area (TPSA) is 61.8 Å². The van der Waals surface area contributed by atoms with Gasteiger partial charge in [-0.2, -0.15) is 0 Å². The zero-order valence-electron chi connectivity index (χ0n) is 15.2. The number of nitrogens with one attached hydrogen (secondary N) is 1. The van der Waals surface area contributed by atoms with Crippen LogP contribution in [0.25, 0.3) is 0 Å². The minimum absolute atomic E-state index is 0.00779. The van der Waals surface area contributed by atoms with Crippen molar-refractivity contribution in [3.63, 3.8) is 0 Å². The number of rotatable bonds is 5. The molecule has 0 spiro atoms. The average molecular weight is 346 g/mol. The van der Waals surface area contributed by atoms with Crippen molar-refractivity contribution in [2.45, 2.75) is 56.6 Å². The van der Waals surface area contributed by atoms with Gasteiger partial charge in [0.15, 0.2) is 0 Å². The number of carbonyl (C=O) groups is 1. The second-order valence-electron chi connectivity index (χ2n) is 7.73. The van der Waals surface area contributed by atoms with Crippen molar-refractivity contribution in [1.82, 2.24) is 10.2 Å². The van der Waals surface area contributed by atoms with E-state index in [1.54, 1.807) is 0 Å². The molecule has 138 valence electrons. The number of benzene rings is 1. The van der Waals surface area contributed by atoms with Gasteiger partial charge in [-0.3, -0.25) is 0 Å². The van der Waals surface area contributed by atoms with Gasteiger partial charge in [-0.25, -0.2) is 4.79 Å². The summed E-state index contributed by atoms with van der Waals surface area (Å²) >= 11 is 0. The fourth-order valence-electron chi connectivity index (χ4n) is 4.09. The number of carbonyl (C=O) groups excluding carboxylic acids is 1. The number of nitrogens with zero attached hydrogens (tertiary/aromatic N) is 1. The Kier molecular flexibility index (Phi) is 5.64. The van der Waals surface area contributed by atoms with Crippen LogP contribution >= 0.6 is 0 Å². The van der Waals surface area contributed by atoms with Crippen LogP contribution in [0, 0.1) is 0 Å². The van der Waals surface area contributed by atoms with E-state index in [1.165, 1.54) is 5.56 Å². The fraction of sp³-hybridized carbons (Fsp3) is 0.650. The van der Waals surface area contributed by atoms with Gasteiger partial charge in [0.1, 0.15) is 0 Å². The molecule has 0 bridgehead atoms. The third-order valence-electron chi connectivity index (χ3n) is 5.71. The summed E-state index contributed by atoms with van der Waals surface area (Å²) in [6.07, 6.45) is 4.83. The lowest BCUT2D eigenvalue weighted by atomic mass is 9.90. The first-order valence-corrected chi connectivity index (χ1v) is 9.40. The summed E-state index contributed by atoms with van der Waals surface area (Å²) in [6.45, 7) is 4.69. The molecule has 2 heterocycles. The maximum atomic E-state index is 12.7. The smallest absolute Gasteiger partial charge is 0.317 e. The van der Waals surface area contributed by atoms with E-state index in [9.17, 15) is 9.90 Å². The average Bonchev–Trinajstić information content (AvgIpc) is 2.97. The first-order chi connectivity index (χ1) is 12.0. The van der Waals surface area contributed by atoms with Crippen molar-refractivity contribution in [2.24, 2.45) is 0 Å². The number of hydrogen-bond donors (Lipinski definition) is 2. The number of aliphatic hydroxyl groups is 1. The predicted molar refractivity (Wildman–Crippen MR) is 97.5 cm³/mol. The molecule has 0 radical (unpaired) electrons. The molecule has 0 saturated carbocycles. The maximum absolute atomic E-state index is 12.7. The van der Waals surface area contributed by atoms with Gasteiger partial charge >= 0.3 is 6.03 Å². The van der Waals surface area contributed by atoms with E-state index in [4.69, 9.17) is 4.74 Å². The third-order valence-corrected chi connectivity index (χ3v) is 5.71. The molecule has 2 aliphatic rings. The normalized spacial score (nSPS) is 25.8. The van der Waals surface area contributed by atoms with Crippen LogP contribution in [-0.4, -0.2) is 53.5 Å². The first-order valence-electron chi connectivity index (χ1n) is 9.40. The lowest BCUT2D eigenvalue weighted by Crippen LogP contribution is -2.51. The standard InChI is InChI=1S/C20H30N2O3/c1-19(16-17-6-3-2-4-7-17)8-5-13-22(19)18(23)21-12-9-20(24)10-14-25-15-11-20/h2-4,6-7,24H,5,8-16H2,1H3,(H,21,23). The van der Waals surface area contributed by atoms with E-state index in [1.807, 2.05) is 23.1 Å². The summed E-state index contributed by atoms with van der Waals surface area (Å²) in [4.78, 5) is 14.7. The SMILES string of the molecule is CC1(Cc2ccccc2)CCCN1C(=O)NCCC1(O)CCOCC1. The third kappa shape index (κ3) is 4.53. The van der Waals surface area contributed by atoms with Gasteiger partial charge in [0, 0.05) is 31.8 Å². The van der Waals surface area contributed by atoms with Gasteiger partial charge in [-0.05, 0) is 51.0 Å². The summed E-state index contributed by atoms with van der Waals surface area (Å²) in [5.41, 5.74) is 0.437. The number of ether oxygens (including phenoxy) is 1. The molecule has 5 heteroatoms. The summed E-state index contributed by atoms with van der Waals surface area (Å²) < 4.78 is 5.30. The molecule has 25 heavy (non-hydrogen) atoms. The Morgan fingerprint density at radius 2 is 1.96 bits per heavy atom. The lowest BCUT2D eigenvalue weighted by molar-refractivity contribution is -0.0670. The number of urea groups is 1. The van der Waals surface area contributed by atoms with E-state index >= 15 is 0 Å². The van der Waals surface area contributed by atoms with Crippen LogP contribution in [0.3, 0.4) is 0 Å². The van der Waals surface area contributed by atoms with Gasteiger partial charge in [-0.15, -0.1) is 0 Å². The van der Waals surface area contributed by atoms with Gasteiger partial charge in [0.25, 0.3) is 0 Å². The predicted octanol–water partition coefficient (Wildman–Crippen LogP) is 2.72. The zero-order chi connectivity index (χ0) is 17.8. The van der Waals surface area contributed by atoms with E-state index in [0.717, 1.165) is 25.8 Å². The molecule has 2 fully saturated rings. The number of likely N-dealkylation sites (tertiary alicyclic amines) is 1. The molecule has 1 aromatic rings. The fourth-order valence-corrected chi connectivity index (χ4v) is 4.09. The van der Waals surface area contributed by atoms with Gasteiger partial charge in [0.05, 0.1) is 5.60 Å². The minimum Gasteiger partial charge on any atom is -0.390 e. The molecule has 2 saturated heterocycles. The monoisotopic (exact) mass is 346 g/mol. The quantitative estimate of drug-likeness (QED) is 0.862. The van der Waals surface area contributed by atoms with Crippen molar-refractivity contribution >= 4 is 6.03 Å². The molecule has 2 aliphatic heterocycles. The summed E-state index contributed by atoms with van der Waals surface area (Å²) in [5, 5.41) is 13.5. The number of hydrogen-bond acceptors (Lipinski definition) is 3. The van der Waals surface area contributed by atoms with Crippen LogP contribution in [0.4, 0.5) is 4.79 Å². The molecule has 3 rings (SSSR count). The zero-order valence-corrected chi connectivity index (χ0v) is 15.2. The summed E-state index contributed by atoms with van der Waals surface area (Å²) in [5.74, 6) is 0. The van der Waals surface area contributed by atoms with Crippen LogP contribution in [0.1, 0.15) is 44.6 Å². The maximum Gasteiger partial charge on any atom is 0.317 e. The largest absolute Gasteiger partial charge is 0.390 e. The Morgan fingerprint density at radius 3 is 2.68 bits per heavy atom. The van der Waals surface area contributed by atoms with Crippen molar-refractivity contribution < 1.29 is 14.6 Å². The second-order valence-corrected chi connectivity index (χ2v) is 7.73. The molecule has 2 amide bonds. The highest BCUT2D eigenvalue weighted by Crippen LogP contribution is 2.32. The van der Waals surface area contributed by atoms with Gasteiger partial charge in [0.2, 0.25) is 0 Å². The Morgan fingerprint density at radius 1 is 1.24 bits per heavy atom. The Bertz CT molecular complexity index is 572. The van der Waals surface area contributed by atoms with Crippen LogP contribution in [0.15, 0.2) is 30.3 Å². The number of amides is 2. The Balaban J connectivity index is 1.53.